The van der Waals surface area contributed by atoms with Crippen LogP contribution in [0.1, 0.15) is 129 Å². The summed E-state index contributed by atoms with van der Waals surface area (Å²) in [6.45, 7) is 6.61. The minimum atomic E-state index is -0.0274. The van der Waals surface area contributed by atoms with Crippen molar-refractivity contribution in [2.24, 2.45) is 17.8 Å². The van der Waals surface area contributed by atoms with Gasteiger partial charge in [-0.25, -0.2) is 0 Å². The van der Waals surface area contributed by atoms with Crippen molar-refractivity contribution >= 4 is 5.97 Å². The van der Waals surface area contributed by atoms with Crippen molar-refractivity contribution in [1.29, 1.82) is 0 Å². The number of carbonyl (C=O) groups excluding carboxylic acids is 1. The van der Waals surface area contributed by atoms with Crippen LogP contribution in [0.5, 0.6) is 0 Å². The van der Waals surface area contributed by atoms with E-state index in [1.807, 2.05) is 0 Å². The number of esters is 1. The molecule has 0 spiro atoms. The minimum absolute atomic E-state index is 0.0235. The van der Waals surface area contributed by atoms with Crippen LogP contribution >= 0.6 is 0 Å². The molecule has 1 aliphatic carbocycles. The van der Waals surface area contributed by atoms with E-state index in [9.17, 15) is 4.79 Å². The highest BCUT2D eigenvalue weighted by Crippen LogP contribution is 2.34. The molecule has 32 heavy (non-hydrogen) atoms. The van der Waals surface area contributed by atoms with Gasteiger partial charge in [0, 0.05) is 13.1 Å². The SMILES string of the molecule is CCCCCCCCCCCC1CCC(C2NCC(C(=O)OCCCCCC)CN2)CC1. The third kappa shape index (κ3) is 11.5. The first-order valence-corrected chi connectivity index (χ1v) is 14.4. The number of ether oxygens (including phenoxy) is 1. The highest BCUT2D eigenvalue weighted by Gasteiger charge is 2.32. The Morgan fingerprint density at radius 3 is 1.84 bits per heavy atom. The number of hydrogen-bond donors (Lipinski definition) is 2. The van der Waals surface area contributed by atoms with E-state index in [1.54, 1.807) is 0 Å². The molecule has 188 valence electrons. The lowest BCUT2D eigenvalue weighted by Gasteiger charge is -2.38. The van der Waals surface area contributed by atoms with E-state index in [0.717, 1.165) is 37.8 Å². The van der Waals surface area contributed by atoms with Crippen LogP contribution in [-0.4, -0.2) is 31.8 Å². The zero-order chi connectivity index (χ0) is 22.9. The number of carbonyl (C=O) groups is 1. The van der Waals surface area contributed by atoms with Crippen LogP contribution in [0, 0.1) is 17.8 Å². The van der Waals surface area contributed by atoms with Gasteiger partial charge in [0.2, 0.25) is 0 Å². The number of rotatable bonds is 17. The molecule has 0 aromatic heterocycles. The van der Waals surface area contributed by atoms with Crippen LogP contribution < -0.4 is 10.6 Å². The van der Waals surface area contributed by atoms with Crippen molar-refractivity contribution in [3.8, 4) is 0 Å². The molecule has 0 atom stereocenters. The van der Waals surface area contributed by atoms with Crippen LogP contribution in [0.2, 0.25) is 0 Å². The second kappa shape index (κ2) is 17.8. The fraction of sp³-hybridized carbons (Fsp3) is 0.964. The molecule has 0 amide bonds. The minimum Gasteiger partial charge on any atom is -0.465 e. The lowest BCUT2D eigenvalue weighted by atomic mass is 9.78. The summed E-state index contributed by atoms with van der Waals surface area (Å²) in [5.41, 5.74) is 0. The summed E-state index contributed by atoms with van der Waals surface area (Å²) in [7, 11) is 0. The van der Waals surface area contributed by atoms with E-state index in [2.05, 4.69) is 24.5 Å². The maximum Gasteiger partial charge on any atom is 0.311 e. The van der Waals surface area contributed by atoms with Gasteiger partial charge in [-0.2, -0.15) is 0 Å². The van der Waals surface area contributed by atoms with Crippen molar-refractivity contribution in [1.82, 2.24) is 10.6 Å². The lowest BCUT2D eigenvalue weighted by Crippen LogP contribution is -2.58. The Balaban J connectivity index is 1.47. The summed E-state index contributed by atoms with van der Waals surface area (Å²) in [5.74, 6) is 1.63. The van der Waals surface area contributed by atoms with Gasteiger partial charge in [-0.1, -0.05) is 110 Å². The second-order valence-electron chi connectivity index (χ2n) is 10.6. The fourth-order valence-electron chi connectivity index (χ4n) is 5.56. The van der Waals surface area contributed by atoms with Gasteiger partial charge in [-0.15, -0.1) is 0 Å². The third-order valence-electron chi connectivity index (χ3n) is 7.82. The standard InChI is InChI=1S/C28H54N2O2/c1-3-5-7-9-10-11-12-13-14-16-24-17-19-25(20-18-24)27-29-22-26(23-30-27)28(31)32-21-15-8-6-4-2/h24-27,29-30H,3-23H2,1-2H3. The van der Waals surface area contributed by atoms with Crippen molar-refractivity contribution in [3.63, 3.8) is 0 Å². The maximum atomic E-state index is 12.3. The van der Waals surface area contributed by atoms with Gasteiger partial charge in [0.1, 0.15) is 0 Å². The molecule has 4 heteroatoms. The van der Waals surface area contributed by atoms with Crippen LogP contribution in [0.15, 0.2) is 0 Å². The van der Waals surface area contributed by atoms with E-state index in [0.29, 0.717) is 12.8 Å². The molecule has 1 heterocycles. The van der Waals surface area contributed by atoms with Gasteiger partial charge >= 0.3 is 5.97 Å². The molecule has 2 aliphatic rings. The quantitative estimate of drug-likeness (QED) is 0.185. The topological polar surface area (TPSA) is 50.4 Å². The largest absolute Gasteiger partial charge is 0.465 e. The third-order valence-corrected chi connectivity index (χ3v) is 7.82. The molecular formula is C28H54N2O2. The Labute approximate surface area is 199 Å². The van der Waals surface area contributed by atoms with Crippen molar-refractivity contribution in [2.75, 3.05) is 19.7 Å². The summed E-state index contributed by atoms with van der Waals surface area (Å²) >= 11 is 0. The summed E-state index contributed by atoms with van der Waals surface area (Å²) in [4.78, 5) is 12.3. The van der Waals surface area contributed by atoms with Crippen LogP contribution in [-0.2, 0) is 9.53 Å². The lowest BCUT2D eigenvalue weighted by molar-refractivity contribution is -0.149. The predicted octanol–water partition coefficient (Wildman–Crippen LogP) is 6.97. The molecule has 0 bridgehead atoms. The number of unbranched alkanes of at least 4 members (excludes halogenated alkanes) is 11. The highest BCUT2D eigenvalue weighted by molar-refractivity contribution is 5.73. The van der Waals surface area contributed by atoms with Crippen LogP contribution in [0.3, 0.4) is 0 Å². The van der Waals surface area contributed by atoms with Gasteiger partial charge in [0.15, 0.2) is 0 Å². The summed E-state index contributed by atoms with van der Waals surface area (Å²) < 4.78 is 5.49. The van der Waals surface area contributed by atoms with Gasteiger partial charge in [-0.3, -0.25) is 4.79 Å². The van der Waals surface area contributed by atoms with Gasteiger partial charge in [-0.05, 0) is 31.1 Å². The molecule has 2 fully saturated rings. The van der Waals surface area contributed by atoms with Gasteiger partial charge in [0.25, 0.3) is 0 Å². The van der Waals surface area contributed by atoms with Crippen molar-refractivity contribution in [3.05, 3.63) is 0 Å². The highest BCUT2D eigenvalue weighted by atomic mass is 16.5. The van der Waals surface area contributed by atoms with E-state index >= 15 is 0 Å². The Morgan fingerprint density at radius 1 is 0.719 bits per heavy atom. The van der Waals surface area contributed by atoms with E-state index in [4.69, 9.17) is 4.74 Å². The maximum absolute atomic E-state index is 12.3. The van der Waals surface area contributed by atoms with Crippen molar-refractivity contribution in [2.45, 2.75) is 136 Å². The van der Waals surface area contributed by atoms with E-state index in [1.165, 1.54) is 103 Å². The zero-order valence-corrected chi connectivity index (χ0v) is 21.5. The van der Waals surface area contributed by atoms with E-state index < -0.39 is 0 Å². The average Bonchev–Trinajstić information content (AvgIpc) is 2.83. The first kappa shape index (κ1) is 27.6. The van der Waals surface area contributed by atoms with Crippen molar-refractivity contribution < 1.29 is 9.53 Å². The molecule has 2 N–H and O–H groups in total. The smallest absolute Gasteiger partial charge is 0.311 e. The fourth-order valence-corrected chi connectivity index (χ4v) is 5.56. The van der Waals surface area contributed by atoms with E-state index in [-0.39, 0.29) is 11.9 Å². The molecular weight excluding hydrogens is 396 g/mol. The molecule has 0 aromatic rings. The molecule has 0 radical (unpaired) electrons. The summed E-state index contributed by atoms with van der Waals surface area (Å²) in [5, 5.41) is 7.24. The predicted molar refractivity (Wildman–Crippen MR) is 136 cm³/mol. The Hall–Kier alpha value is -0.610. The molecule has 0 aromatic carbocycles. The van der Waals surface area contributed by atoms with Gasteiger partial charge < -0.3 is 15.4 Å². The monoisotopic (exact) mass is 450 g/mol. The first-order chi connectivity index (χ1) is 15.7. The number of nitrogens with one attached hydrogen (secondary N) is 2. The summed E-state index contributed by atoms with van der Waals surface area (Å²) in [6.07, 6.45) is 24.8. The Kier molecular flexibility index (Phi) is 15.4. The zero-order valence-electron chi connectivity index (χ0n) is 21.5. The molecule has 1 saturated heterocycles. The first-order valence-electron chi connectivity index (χ1n) is 14.4. The molecule has 1 saturated carbocycles. The molecule has 0 unspecified atom stereocenters. The van der Waals surface area contributed by atoms with Crippen LogP contribution in [0.4, 0.5) is 0 Å². The molecule has 2 rings (SSSR count). The molecule has 1 aliphatic heterocycles. The summed E-state index contributed by atoms with van der Waals surface area (Å²) in [6, 6.07) is 0. The molecule has 4 nitrogen and oxygen atoms in total. The average molecular weight is 451 g/mol. The number of hydrogen-bond acceptors (Lipinski definition) is 4. The normalized spacial score (nSPS) is 26.2. The van der Waals surface area contributed by atoms with Gasteiger partial charge in [0.05, 0.1) is 18.7 Å². The Bertz CT molecular complexity index is 454. The van der Waals surface area contributed by atoms with Crippen LogP contribution in [0.25, 0.3) is 0 Å². The second-order valence-corrected chi connectivity index (χ2v) is 10.6. The Morgan fingerprint density at radius 2 is 1.25 bits per heavy atom.